The number of nitrogens with one attached hydrogen (secondary N) is 1. The molecule has 1 heterocycles. The van der Waals surface area contributed by atoms with Crippen LogP contribution >= 0.6 is 27.5 Å². The van der Waals surface area contributed by atoms with Crippen LogP contribution in [0.15, 0.2) is 16.6 Å². The molecule has 3 nitrogen and oxygen atoms in total. The molecule has 0 bridgehead atoms. The van der Waals surface area contributed by atoms with E-state index in [9.17, 15) is 4.39 Å². The summed E-state index contributed by atoms with van der Waals surface area (Å²) < 4.78 is 15.9. The Kier molecular flexibility index (Phi) is 4.94. The first kappa shape index (κ1) is 16.3. The molecule has 2 aromatic rings. The second-order valence-corrected chi connectivity index (χ2v) is 6.27. The standard InChI is InChI=1S/C15H18BrClFN3/c1-5-21-10(4)14(9(3)20-21)8(2)19-15-12(16)6-11(18)7-13(15)17/h6-8,19H,5H2,1-4H3. The topological polar surface area (TPSA) is 29.9 Å². The lowest BCUT2D eigenvalue weighted by molar-refractivity contribution is 0.627. The number of anilines is 1. The largest absolute Gasteiger partial charge is 0.376 e. The Morgan fingerprint density at radius 1 is 1.43 bits per heavy atom. The van der Waals surface area contributed by atoms with Gasteiger partial charge in [0.1, 0.15) is 5.82 Å². The van der Waals surface area contributed by atoms with Crippen molar-refractivity contribution < 1.29 is 4.39 Å². The molecule has 0 amide bonds. The van der Waals surface area contributed by atoms with Crippen molar-refractivity contribution in [3.8, 4) is 0 Å². The van der Waals surface area contributed by atoms with Gasteiger partial charge in [-0.25, -0.2) is 4.39 Å². The van der Waals surface area contributed by atoms with Crippen molar-refractivity contribution in [2.75, 3.05) is 5.32 Å². The third-order valence-corrected chi connectivity index (χ3v) is 4.46. The van der Waals surface area contributed by atoms with Crippen LogP contribution in [0.5, 0.6) is 0 Å². The molecule has 0 spiro atoms. The maximum atomic E-state index is 13.3. The molecule has 0 aliphatic carbocycles. The van der Waals surface area contributed by atoms with Crippen LogP contribution in [0.4, 0.5) is 10.1 Å². The molecule has 1 unspecified atom stereocenters. The average Bonchev–Trinajstić information content (AvgIpc) is 2.68. The Morgan fingerprint density at radius 3 is 2.62 bits per heavy atom. The zero-order chi connectivity index (χ0) is 15.7. The van der Waals surface area contributed by atoms with Crippen molar-refractivity contribution in [2.45, 2.75) is 40.3 Å². The fraction of sp³-hybridized carbons (Fsp3) is 0.400. The van der Waals surface area contributed by atoms with Crippen molar-refractivity contribution in [3.05, 3.63) is 44.4 Å². The number of halogens is 3. The van der Waals surface area contributed by atoms with Gasteiger partial charge >= 0.3 is 0 Å². The lowest BCUT2D eigenvalue weighted by atomic mass is 10.1. The maximum Gasteiger partial charge on any atom is 0.125 e. The smallest absolute Gasteiger partial charge is 0.125 e. The molecule has 0 aliphatic rings. The molecular weight excluding hydrogens is 357 g/mol. The van der Waals surface area contributed by atoms with Gasteiger partial charge in [-0.05, 0) is 55.8 Å². The van der Waals surface area contributed by atoms with E-state index in [2.05, 4.69) is 40.2 Å². The summed E-state index contributed by atoms with van der Waals surface area (Å²) in [5.74, 6) is -0.365. The van der Waals surface area contributed by atoms with Crippen LogP contribution in [0.3, 0.4) is 0 Å². The summed E-state index contributed by atoms with van der Waals surface area (Å²) in [6.45, 7) is 8.99. The van der Waals surface area contributed by atoms with Gasteiger partial charge in [-0.1, -0.05) is 11.6 Å². The van der Waals surface area contributed by atoms with E-state index in [1.165, 1.54) is 12.1 Å². The van der Waals surface area contributed by atoms with Crippen LogP contribution in [0.25, 0.3) is 0 Å². The molecule has 0 saturated carbocycles. The predicted octanol–water partition coefficient (Wildman–Crippen LogP) is 5.25. The maximum absolute atomic E-state index is 13.3. The Balaban J connectivity index is 2.35. The first-order valence-electron chi connectivity index (χ1n) is 6.80. The molecule has 0 saturated heterocycles. The van der Waals surface area contributed by atoms with Crippen molar-refractivity contribution in [1.82, 2.24) is 9.78 Å². The van der Waals surface area contributed by atoms with E-state index in [1.54, 1.807) is 0 Å². The second kappa shape index (κ2) is 6.36. The van der Waals surface area contributed by atoms with Gasteiger partial charge in [0.05, 0.1) is 22.4 Å². The Morgan fingerprint density at radius 2 is 2.10 bits per heavy atom. The van der Waals surface area contributed by atoms with Crippen LogP contribution in [-0.2, 0) is 6.54 Å². The van der Waals surface area contributed by atoms with E-state index in [4.69, 9.17) is 11.6 Å². The van der Waals surface area contributed by atoms with E-state index in [0.29, 0.717) is 15.2 Å². The molecule has 0 aliphatic heterocycles. The molecule has 21 heavy (non-hydrogen) atoms. The summed E-state index contributed by atoms with van der Waals surface area (Å²) in [5, 5.41) is 8.22. The molecule has 2 rings (SSSR count). The highest BCUT2D eigenvalue weighted by atomic mass is 79.9. The first-order chi connectivity index (χ1) is 9.85. The van der Waals surface area contributed by atoms with E-state index in [1.807, 2.05) is 18.5 Å². The number of benzene rings is 1. The average molecular weight is 375 g/mol. The van der Waals surface area contributed by atoms with Gasteiger partial charge in [0.15, 0.2) is 0 Å². The fourth-order valence-electron chi connectivity index (χ4n) is 2.61. The number of aryl methyl sites for hydroxylation is 2. The lowest BCUT2D eigenvalue weighted by Gasteiger charge is -2.18. The molecule has 0 radical (unpaired) electrons. The van der Waals surface area contributed by atoms with E-state index in [0.717, 1.165) is 23.5 Å². The van der Waals surface area contributed by atoms with Gasteiger partial charge in [0, 0.05) is 22.3 Å². The SMILES string of the molecule is CCn1nc(C)c(C(C)Nc2c(Cl)cc(F)cc2Br)c1C. The van der Waals surface area contributed by atoms with Gasteiger partial charge in [-0.2, -0.15) is 5.10 Å². The zero-order valence-electron chi connectivity index (χ0n) is 12.5. The van der Waals surface area contributed by atoms with Crippen LogP contribution in [-0.4, -0.2) is 9.78 Å². The molecule has 1 N–H and O–H groups in total. The summed E-state index contributed by atoms with van der Waals surface area (Å²) >= 11 is 9.47. The number of nitrogens with zero attached hydrogens (tertiary/aromatic N) is 2. The molecular formula is C15H18BrClFN3. The molecule has 1 aromatic heterocycles. The van der Waals surface area contributed by atoms with E-state index >= 15 is 0 Å². The normalized spacial score (nSPS) is 12.5. The minimum Gasteiger partial charge on any atom is -0.376 e. The molecule has 6 heteroatoms. The Labute approximate surface area is 137 Å². The molecule has 0 fully saturated rings. The Hall–Kier alpha value is -1.07. The van der Waals surface area contributed by atoms with Crippen LogP contribution in [0.1, 0.15) is 36.8 Å². The zero-order valence-corrected chi connectivity index (χ0v) is 14.8. The number of hydrogen-bond donors (Lipinski definition) is 1. The van der Waals surface area contributed by atoms with Crippen molar-refractivity contribution >= 4 is 33.2 Å². The highest BCUT2D eigenvalue weighted by molar-refractivity contribution is 9.10. The van der Waals surface area contributed by atoms with Gasteiger partial charge < -0.3 is 5.32 Å². The minimum absolute atomic E-state index is 0.0181. The molecule has 1 aromatic carbocycles. The lowest BCUT2D eigenvalue weighted by Crippen LogP contribution is -2.10. The van der Waals surface area contributed by atoms with Crippen LogP contribution < -0.4 is 5.32 Å². The third kappa shape index (κ3) is 3.24. The van der Waals surface area contributed by atoms with Crippen molar-refractivity contribution in [1.29, 1.82) is 0 Å². The third-order valence-electron chi connectivity index (χ3n) is 3.54. The van der Waals surface area contributed by atoms with Gasteiger partial charge in [0.2, 0.25) is 0 Å². The molecule has 114 valence electrons. The fourth-order valence-corrected chi connectivity index (χ4v) is 3.54. The number of hydrogen-bond acceptors (Lipinski definition) is 2. The van der Waals surface area contributed by atoms with E-state index in [-0.39, 0.29) is 11.9 Å². The van der Waals surface area contributed by atoms with Crippen LogP contribution in [0, 0.1) is 19.7 Å². The summed E-state index contributed by atoms with van der Waals surface area (Å²) in [7, 11) is 0. The monoisotopic (exact) mass is 373 g/mol. The molecule has 1 atom stereocenters. The summed E-state index contributed by atoms with van der Waals surface area (Å²) in [4.78, 5) is 0. The van der Waals surface area contributed by atoms with E-state index < -0.39 is 0 Å². The van der Waals surface area contributed by atoms with Crippen molar-refractivity contribution in [2.24, 2.45) is 0 Å². The van der Waals surface area contributed by atoms with Gasteiger partial charge in [-0.15, -0.1) is 0 Å². The summed E-state index contributed by atoms with van der Waals surface area (Å²) in [6.07, 6.45) is 0. The van der Waals surface area contributed by atoms with Gasteiger partial charge in [-0.3, -0.25) is 4.68 Å². The second-order valence-electron chi connectivity index (χ2n) is 5.01. The summed E-state index contributed by atoms with van der Waals surface area (Å²) in [5.41, 5.74) is 3.95. The van der Waals surface area contributed by atoms with Crippen LogP contribution in [0.2, 0.25) is 5.02 Å². The first-order valence-corrected chi connectivity index (χ1v) is 7.97. The number of aromatic nitrogens is 2. The quantitative estimate of drug-likeness (QED) is 0.792. The number of rotatable bonds is 4. The summed E-state index contributed by atoms with van der Waals surface area (Å²) in [6, 6.07) is 2.72. The minimum atomic E-state index is -0.365. The highest BCUT2D eigenvalue weighted by Gasteiger charge is 2.19. The highest BCUT2D eigenvalue weighted by Crippen LogP contribution is 2.35. The van der Waals surface area contributed by atoms with Gasteiger partial charge in [0.25, 0.3) is 0 Å². The van der Waals surface area contributed by atoms with Crippen molar-refractivity contribution in [3.63, 3.8) is 0 Å². The predicted molar refractivity (Wildman–Crippen MR) is 88.5 cm³/mol. The Bertz CT molecular complexity index is 646.